The molecule has 1 atom stereocenters. The third-order valence-electron chi connectivity index (χ3n) is 5.74. The fourth-order valence-electron chi connectivity index (χ4n) is 3.78. The van der Waals surface area contributed by atoms with Gasteiger partial charge < -0.3 is 9.47 Å². The molecule has 0 aliphatic heterocycles. The number of rotatable bonds is 9. The van der Waals surface area contributed by atoms with Crippen LogP contribution < -0.4 is 9.47 Å². The second-order valence-corrected chi connectivity index (χ2v) is 11.7. The molecule has 1 unspecified atom stereocenters. The van der Waals surface area contributed by atoms with E-state index in [1.165, 1.54) is 16.8 Å². The number of aryl methyl sites for hydroxylation is 1. The largest absolute Gasteiger partial charge is 0.492 e. The Morgan fingerprint density at radius 3 is 2.44 bits per heavy atom. The van der Waals surface area contributed by atoms with Crippen LogP contribution in [0.25, 0.3) is 0 Å². The molecular formula is C26H30N2O4S2. The minimum Gasteiger partial charge on any atom is -0.492 e. The Kier molecular flexibility index (Phi) is 7.69. The highest BCUT2D eigenvalue weighted by Crippen LogP contribution is 2.37. The van der Waals surface area contributed by atoms with Gasteiger partial charge in [0.2, 0.25) is 0 Å². The predicted octanol–water partition coefficient (Wildman–Crippen LogP) is 5.98. The molecule has 0 N–H and O–H groups in total. The standard InChI is InChI=1S/C26H30N2O4S2/c1-7-12-31-23-17(2)13-21(14-19(23)15-27)26(4,5)20-8-10-22(11-9-20)32-18(3)24-25(28-16-33-24)34(6,29)30/h8-11,13-14,16,18H,7,12H2,1-6H3. The Morgan fingerprint density at radius 1 is 1.18 bits per heavy atom. The quantitative estimate of drug-likeness (QED) is 0.360. The van der Waals surface area contributed by atoms with Crippen LogP contribution in [0.4, 0.5) is 0 Å². The summed E-state index contributed by atoms with van der Waals surface area (Å²) < 4.78 is 35.8. The number of sulfone groups is 1. The van der Waals surface area contributed by atoms with Gasteiger partial charge in [-0.1, -0.05) is 39.0 Å². The molecule has 1 aromatic heterocycles. The summed E-state index contributed by atoms with van der Waals surface area (Å²) in [4.78, 5) is 4.57. The normalized spacial score (nSPS) is 12.7. The molecule has 0 aliphatic rings. The highest BCUT2D eigenvalue weighted by atomic mass is 32.2. The molecule has 0 amide bonds. The molecule has 0 saturated heterocycles. The molecule has 0 radical (unpaired) electrons. The number of ether oxygens (including phenoxy) is 2. The zero-order chi connectivity index (χ0) is 25.1. The van der Waals surface area contributed by atoms with Crippen molar-refractivity contribution in [1.82, 2.24) is 4.98 Å². The number of aromatic nitrogens is 1. The van der Waals surface area contributed by atoms with Gasteiger partial charge in [-0.3, -0.25) is 0 Å². The van der Waals surface area contributed by atoms with Gasteiger partial charge in [-0.05, 0) is 55.2 Å². The molecule has 8 heteroatoms. The fourth-order valence-corrected chi connectivity index (χ4v) is 5.89. The van der Waals surface area contributed by atoms with Crippen molar-refractivity contribution < 1.29 is 17.9 Å². The molecular weight excluding hydrogens is 468 g/mol. The lowest BCUT2D eigenvalue weighted by molar-refractivity contribution is 0.227. The number of hydrogen-bond donors (Lipinski definition) is 0. The summed E-state index contributed by atoms with van der Waals surface area (Å²) in [6.07, 6.45) is 1.58. The summed E-state index contributed by atoms with van der Waals surface area (Å²) in [6.45, 7) is 10.6. The molecule has 1 heterocycles. The number of benzene rings is 2. The first-order valence-corrected chi connectivity index (χ1v) is 13.8. The van der Waals surface area contributed by atoms with Crippen LogP contribution in [0.3, 0.4) is 0 Å². The molecule has 6 nitrogen and oxygen atoms in total. The van der Waals surface area contributed by atoms with E-state index in [1.807, 2.05) is 51.1 Å². The first-order valence-electron chi connectivity index (χ1n) is 11.1. The van der Waals surface area contributed by atoms with E-state index in [2.05, 4.69) is 31.0 Å². The second kappa shape index (κ2) is 10.2. The SMILES string of the molecule is CCCOc1c(C)cc(C(C)(C)c2ccc(OC(C)c3scnc3S(C)(=O)=O)cc2)cc1C#N. The predicted molar refractivity (Wildman–Crippen MR) is 135 cm³/mol. The van der Waals surface area contributed by atoms with Crippen LogP contribution >= 0.6 is 11.3 Å². The third-order valence-corrected chi connectivity index (χ3v) is 7.88. The Bertz CT molecular complexity index is 1300. The molecule has 3 rings (SSSR count). The van der Waals surface area contributed by atoms with E-state index >= 15 is 0 Å². The summed E-state index contributed by atoms with van der Waals surface area (Å²) in [5.74, 6) is 1.29. The number of nitriles is 1. The van der Waals surface area contributed by atoms with Crippen LogP contribution in [-0.2, 0) is 15.3 Å². The zero-order valence-electron chi connectivity index (χ0n) is 20.4. The summed E-state index contributed by atoms with van der Waals surface area (Å²) >= 11 is 1.27. The van der Waals surface area contributed by atoms with Gasteiger partial charge in [0.25, 0.3) is 0 Å². The van der Waals surface area contributed by atoms with Crippen LogP contribution in [0.2, 0.25) is 0 Å². The Labute approximate surface area is 206 Å². The van der Waals surface area contributed by atoms with Crippen molar-refractivity contribution in [2.75, 3.05) is 12.9 Å². The smallest absolute Gasteiger partial charge is 0.194 e. The van der Waals surface area contributed by atoms with Crippen LogP contribution in [0.5, 0.6) is 11.5 Å². The molecule has 0 spiro atoms. The molecule has 2 aromatic carbocycles. The van der Waals surface area contributed by atoms with Gasteiger partial charge in [-0.15, -0.1) is 11.3 Å². The summed E-state index contributed by atoms with van der Waals surface area (Å²) in [5, 5.41) is 9.75. The lowest BCUT2D eigenvalue weighted by Crippen LogP contribution is -2.19. The number of nitrogens with zero attached hydrogens (tertiary/aromatic N) is 2. The maximum atomic E-state index is 12.0. The van der Waals surface area contributed by atoms with Gasteiger partial charge in [0, 0.05) is 11.7 Å². The molecule has 0 aliphatic carbocycles. The van der Waals surface area contributed by atoms with E-state index in [4.69, 9.17) is 9.47 Å². The van der Waals surface area contributed by atoms with E-state index in [9.17, 15) is 13.7 Å². The zero-order valence-corrected chi connectivity index (χ0v) is 22.0. The van der Waals surface area contributed by atoms with Crippen LogP contribution in [0.1, 0.15) is 67.4 Å². The van der Waals surface area contributed by atoms with E-state index in [0.29, 0.717) is 28.5 Å². The van der Waals surface area contributed by atoms with Crippen molar-refractivity contribution in [3.8, 4) is 17.6 Å². The van der Waals surface area contributed by atoms with Gasteiger partial charge in [0.1, 0.15) is 23.7 Å². The Balaban J connectivity index is 1.85. The Hall–Kier alpha value is -2.89. The monoisotopic (exact) mass is 498 g/mol. The van der Waals surface area contributed by atoms with Crippen molar-refractivity contribution in [3.05, 3.63) is 69.0 Å². The molecule has 0 saturated carbocycles. The third kappa shape index (κ3) is 5.43. The molecule has 0 bridgehead atoms. The Morgan fingerprint density at radius 2 is 1.85 bits per heavy atom. The van der Waals surface area contributed by atoms with Gasteiger partial charge >= 0.3 is 0 Å². The molecule has 34 heavy (non-hydrogen) atoms. The van der Waals surface area contributed by atoms with Crippen LogP contribution in [0, 0.1) is 18.3 Å². The van der Waals surface area contributed by atoms with Crippen molar-refractivity contribution in [1.29, 1.82) is 5.26 Å². The highest BCUT2D eigenvalue weighted by Gasteiger charge is 2.26. The second-order valence-electron chi connectivity index (χ2n) is 8.83. The minimum atomic E-state index is -3.41. The molecule has 3 aromatic rings. The average Bonchev–Trinajstić information content (AvgIpc) is 3.29. The summed E-state index contributed by atoms with van der Waals surface area (Å²) in [6, 6.07) is 14.0. The minimum absolute atomic E-state index is 0.0674. The first kappa shape index (κ1) is 25.7. The van der Waals surface area contributed by atoms with Gasteiger partial charge in [-0.25, -0.2) is 13.4 Å². The van der Waals surface area contributed by atoms with Crippen molar-refractivity contribution >= 4 is 21.2 Å². The van der Waals surface area contributed by atoms with Crippen LogP contribution in [-0.4, -0.2) is 26.3 Å². The number of thiazole rings is 1. The summed E-state index contributed by atoms with van der Waals surface area (Å²) in [5.41, 5.74) is 4.73. The van der Waals surface area contributed by atoms with Gasteiger partial charge in [-0.2, -0.15) is 5.26 Å². The van der Waals surface area contributed by atoms with E-state index < -0.39 is 15.9 Å². The molecule has 180 valence electrons. The maximum absolute atomic E-state index is 12.0. The van der Waals surface area contributed by atoms with E-state index in [1.54, 1.807) is 0 Å². The van der Waals surface area contributed by atoms with Crippen LogP contribution in [0.15, 0.2) is 46.9 Å². The fraction of sp³-hybridized carbons (Fsp3) is 0.385. The van der Waals surface area contributed by atoms with E-state index in [0.717, 1.165) is 29.4 Å². The van der Waals surface area contributed by atoms with Crippen molar-refractivity contribution in [2.45, 2.75) is 57.6 Å². The van der Waals surface area contributed by atoms with Gasteiger partial charge in [0.15, 0.2) is 14.9 Å². The van der Waals surface area contributed by atoms with Crippen molar-refractivity contribution in [3.63, 3.8) is 0 Å². The topological polar surface area (TPSA) is 89.3 Å². The highest BCUT2D eigenvalue weighted by molar-refractivity contribution is 7.90. The summed E-state index contributed by atoms with van der Waals surface area (Å²) in [7, 11) is -3.41. The lowest BCUT2D eigenvalue weighted by atomic mass is 9.77. The van der Waals surface area contributed by atoms with Crippen molar-refractivity contribution in [2.24, 2.45) is 0 Å². The molecule has 0 fully saturated rings. The average molecular weight is 499 g/mol. The lowest BCUT2D eigenvalue weighted by Gasteiger charge is -2.28. The van der Waals surface area contributed by atoms with E-state index in [-0.39, 0.29) is 10.4 Å². The van der Waals surface area contributed by atoms with Gasteiger partial charge in [0.05, 0.1) is 22.6 Å². The number of hydrogen-bond acceptors (Lipinski definition) is 7. The maximum Gasteiger partial charge on any atom is 0.194 e. The first-order chi connectivity index (χ1) is 16.0.